The van der Waals surface area contributed by atoms with Crippen LogP contribution in [0.2, 0.25) is 0 Å². The number of hydrogen-bond donors (Lipinski definition) is 0. The van der Waals surface area contributed by atoms with Gasteiger partial charge in [0.25, 0.3) is 15.9 Å². The van der Waals surface area contributed by atoms with Gasteiger partial charge in [0.15, 0.2) is 0 Å². The lowest BCUT2D eigenvalue weighted by Gasteiger charge is -2.35. The smallest absolute Gasteiger partial charge is 0.276 e. The average Bonchev–Trinajstić information content (AvgIpc) is 3.43. The Hall–Kier alpha value is -1.42. The summed E-state index contributed by atoms with van der Waals surface area (Å²) in [6.07, 6.45) is 3.32. The lowest BCUT2D eigenvalue weighted by molar-refractivity contribution is -0.142. The van der Waals surface area contributed by atoms with Gasteiger partial charge in [0.1, 0.15) is 11.9 Å². The van der Waals surface area contributed by atoms with Gasteiger partial charge in [-0.05, 0) is 37.8 Å². The summed E-state index contributed by atoms with van der Waals surface area (Å²) in [6.45, 7) is 5.19. The zero-order valence-corrected chi connectivity index (χ0v) is 16.3. The molecule has 3 fully saturated rings. The van der Waals surface area contributed by atoms with Gasteiger partial charge in [-0.3, -0.25) is 9.69 Å². The third-order valence-corrected chi connectivity index (χ3v) is 7.34. The predicted molar refractivity (Wildman–Crippen MR) is 97.5 cm³/mol. The number of furan rings is 1. The van der Waals surface area contributed by atoms with Gasteiger partial charge >= 0.3 is 0 Å². The third-order valence-electron chi connectivity index (χ3n) is 5.56. The van der Waals surface area contributed by atoms with Crippen LogP contribution in [0.25, 0.3) is 0 Å². The van der Waals surface area contributed by atoms with Crippen LogP contribution in [0.1, 0.15) is 31.4 Å². The number of rotatable bonds is 5. The predicted octanol–water partition coefficient (Wildman–Crippen LogP) is 0.887. The van der Waals surface area contributed by atoms with E-state index in [-0.39, 0.29) is 17.1 Å². The van der Waals surface area contributed by atoms with E-state index in [9.17, 15) is 13.2 Å². The van der Waals surface area contributed by atoms with Gasteiger partial charge in [0, 0.05) is 45.9 Å². The molecule has 0 saturated carbocycles. The quantitative estimate of drug-likeness (QED) is 0.734. The number of amides is 1. The van der Waals surface area contributed by atoms with E-state index in [1.54, 1.807) is 12.1 Å². The maximum atomic E-state index is 12.5. The third kappa shape index (κ3) is 4.06. The molecule has 1 aromatic heterocycles. The van der Waals surface area contributed by atoms with E-state index in [1.165, 1.54) is 4.31 Å². The summed E-state index contributed by atoms with van der Waals surface area (Å²) >= 11 is 0. The van der Waals surface area contributed by atoms with Gasteiger partial charge in [-0.25, -0.2) is 8.42 Å². The highest BCUT2D eigenvalue weighted by Gasteiger charge is 2.32. The van der Waals surface area contributed by atoms with E-state index in [4.69, 9.17) is 9.15 Å². The topological polar surface area (TPSA) is 83.3 Å². The van der Waals surface area contributed by atoms with Crippen LogP contribution in [0, 0.1) is 0 Å². The van der Waals surface area contributed by atoms with Crippen LogP contribution in [0.3, 0.4) is 0 Å². The highest BCUT2D eigenvalue weighted by Crippen LogP contribution is 2.23. The van der Waals surface area contributed by atoms with Crippen molar-refractivity contribution < 1.29 is 22.4 Å². The average molecular weight is 397 g/mol. The van der Waals surface area contributed by atoms with Gasteiger partial charge in [0.05, 0.1) is 6.54 Å². The first-order valence-electron chi connectivity index (χ1n) is 9.76. The Bertz CT molecular complexity index is 758. The molecule has 0 radical (unpaired) electrons. The molecule has 1 atom stereocenters. The first kappa shape index (κ1) is 18.9. The molecule has 0 N–H and O–H groups in total. The van der Waals surface area contributed by atoms with Gasteiger partial charge in [-0.15, -0.1) is 0 Å². The van der Waals surface area contributed by atoms with E-state index in [1.807, 2.05) is 4.90 Å². The summed E-state index contributed by atoms with van der Waals surface area (Å²) in [4.78, 5) is 16.5. The molecule has 4 heterocycles. The molecule has 1 aromatic rings. The van der Waals surface area contributed by atoms with Gasteiger partial charge in [0.2, 0.25) is 5.09 Å². The molecule has 0 aliphatic carbocycles. The highest BCUT2D eigenvalue weighted by molar-refractivity contribution is 7.89. The van der Waals surface area contributed by atoms with Crippen LogP contribution >= 0.6 is 0 Å². The number of piperazine rings is 1. The number of carbonyl (C=O) groups is 1. The van der Waals surface area contributed by atoms with Crippen molar-refractivity contribution in [1.82, 2.24) is 14.1 Å². The number of hydrogen-bond acceptors (Lipinski definition) is 6. The Labute approximate surface area is 160 Å². The van der Waals surface area contributed by atoms with Crippen LogP contribution in [0.5, 0.6) is 0 Å². The molecule has 3 aliphatic heterocycles. The number of sulfonamides is 1. The lowest BCUT2D eigenvalue weighted by atomic mass is 10.2. The fourth-order valence-corrected chi connectivity index (χ4v) is 5.41. The fourth-order valence-electron chi connectivity index (χ4n) is 3.96. The van der Waals surface area contributed by atoms with Crippen LogP contribution in [-0.2, 0) is 26.1 Å². The summed E-state index contributed by atoms with van der Waals surface area (Å²) in [5, 5.41) is 0.0339. The normalized spacial score (nSPS) is 25.3. The van der Waals surface area contributed by atoms with Crippen molar-refractivity contribution in [3.05, 3.63) is 17.9 Å². The molecule has 4 rings (SSSR count). The van der Waals surface area contributed by atoms with E-state index in [0.29, 0.717) is 45.1 Å². The van der Waals surface area contributed by atoms with Crippen LogP contribution < -0.4 is 0 Å². The summed E-state index contributed by atoms with van der Waals surface area (Å²) in [6, 6.07) is 3.30. The van der Waals surface area contributed by atoms with Crippen LogP contribution in [0.4, 0.5) is 0 Å². The van der Waals surface area contributed by atoms with E-state index in [2.05, 4.69) is 4.90 Å². The van der Waals surface area contributed by atoms with Crippen molar-refractivity contribution in [3.63, 3.8) is 0 Å². The molecular weight excluding hydrogens is 370 g/mol. The molecule has 3 aliphatic rings. The van der Waals surface area contributed by atoms with Crippen molar-refractivity contribution in [2.45, 2.75) is 43.4 Å². The largest absolute Gasteiger partial charge is 0.447 e. The summed E-state index contributed by atoms with van der Waals surface area (Å²) in [5.74, 6) is 0.746. The van der Waals surface area contributed by atoms with E-state index < -0.39 is 10.0 Å². The number of nitrogens with zero attached hydrogens (tertiary/aromatic N) is 3. The SMILES string of the molecule is O=C([C@H]1CCCO1)N1CCN(Cc2ccc(S(=O)(=O)N3CCCC3)o2)CC1. The summed E-state index contributed by atoms with van der Waals surface area (Å²) in [5.41, 5.74) is 0. The Balaban J connectivity index is 1.31. The first-order chi connectivity index (χ1) is 13.0. The first-order valence-corrected chi connectivity index (χ1v) is 11.2. The highest BCUT2D eigenvalue weighted by atomic mass is 32.2. The fraction of sp³-hybridized carbons (Fsp3) is 0.722. The summed E-state index contributed by atoms with van der Waals surface area (Å²) in [7, 11) is -3.51. The Morgan fingerprint density at radius 1 is 1.04 bits per heavy atom. The Morgan fingerprint density at radius 2 is 1.78 bits per heavy atom. The monoisotopic (exact) mass is 397 g/mol. The van der Waals surface area contributed by atoms with Crippen molar-refractivity contribution in [3.8, 4) is 0 Å². The summed E-state index contributed by atoms with van der Waals surface area (Å²) < 4.78 is 37.7. The number of carbonyl (C=O) groups excluding carboxylic acids is 1. The van der Waals surface area contributed by atoms with Crippen molar-refractivity contribution in [2.75, 3.05) is 45.9 Å². The second-order valence-corrected chi connectivity index (χ2v) is 9.30. The molecular formula is C18H27N3O5S. The lowest BCUT2D eigenvalue weighted by Crippen LogP contribution is -2.51. The maximum Gasteiger partial charge on any atom is 0.276 e. The molecule has 3 saturated heterocycles. The molecule has 8 nitrogen and oxygen atoms in total. The zero-order chi connectivity index (χ0) is 18.9. The van der Waals surface area contributed by atoms with Gasteiger partial charge in [-0.2, -0.15) is 4.31 Å². The maximum absolute atomic E-state index is 12.5. The zero-order valence-electron chi connectivity index (χ0n) is 15.5. The minimum atomic E-state index is -3.51. The molecule has 27 heavy (non-hydrogen) atoms. The van der Waals surface area contributed by atoms with Gasteiger partial charge < -0.3 is 14.1 Å². The molecule has 150 valence electrons. The Morgan fingerprint density at radius 3 is 2.44 bits per heavy atom. The van der Waals surface area contributed by atoms with E-state index in [0.717, 1.165) is 38.8 Å². The van der Waals surface area contributed by atoms with Crippen molar-refractivity contribution >= 4 is 15.9 Å². The molecule has 9 heteroatoms. The molecule has 0 spiro atoms. The Kier molecular flexibility index (Phi) is 5.54. The molecule has 1 amide bonds. The standard InChI is InChI=1S/C18H27N3O5S/c22-18(16-4-3-13-25-16)20-11-9-19(10-12-20)14-15-5-6-17(26-15)27(23,24)21-7-1-2-8-21/h5-6,16H,1-4,7-14H2/t16-/m1/s1. The second-order valence-electron chi connectivity index (χ2n) is 7.44. The number of ether oxygens (including phenoxy) is 1. The van der Waals surface area contributed by atoms with Crippen molar-refractivity contribution in [1.29, 1.82) is 0 Å². The van der Waals surface area contributed by atoms with E-state index >= 15 is 0 Å². The second kappa shape index (κ2) is 7.90. The molecule has 0 unspecified atom stereocenters. The minimum absolute atomic E-state index is 0.0339. The molecule has 0 aromatic carbocycles. The van der Waals surface area contributed by atoms with Crippen molar-refractivity contribution in [2.24, 2.45) is 0 Å². The van der Waals surface area contributed by atoms with Crippen LogP contribution in [-0.4, -0.2) is 80.4 Å². The minimum Gasteiger partial charge on any atom is -0.447 e. The molecule has 0 bridgehead atoms. The van der Waals surface area contributed by atoms with Gasteiger partial charge in [-0.1, -0.05) is 0 Å². The van der Waals surface area contributed by atoms with Crippen LogP contribution in [0.15, 0.2) is 21.6 Å².